The van der Waals surface area contributed by atoms with Crippen molar-refractivity contribution in [3.05, 3.63) is 23.3 Å². The fraction of sp³-hybridized carbons (Fsp3) is 0.462. The quantitative estimate of drug-likeness (QED) is 0.860. The van der Waals surface area contributed by atoms with E-state index in [1.807, 2.05) is 13.0 Å². The second-order valence-electron chi connectivity index (χ2n) is 5.00. The van der Waals surface area contributed by atoms with Crippen molar-refractivity contribution < 1.29 is 14.3 Å². The molecule has 4 heteroatoms. The maximum Gasteiger partial charge on any atom is 0.410 e. The highest BCUT2D eigenvalue weighted by atomic mass is 16.6. The van der Waals surface area contributed by atoms with E-state index < -0.39 is 6.09 Å². The molecule has 0 saturated heterocycles. The van der Waals surface area contributed by atoms with Crippen LogP contribution in [0.15, 0.2) is 12.1 Å². The monoisotopic (exact) mass is 237 g/mol. The molecular weight excluding hydrogens is 218 g/mol. The zero-order chi connectivity index (χ0) is 13.2. The molecule has 1 amide bonds. The Morgan fingerprint density at radius 1 is 1.29 bits per heavy atom. The molecule has 0 aromatic heterocycles. The standard InChI is InChI=1S/C13H19NO3/c1-8-6-9(13(2,3)4)7-10(11(8)16-5)17-12(14)15/h6-7H,1-5H3,(H2,14,15). The van der Waals surface area contributed by atoms with Crippen LogP contribution < -0.4 is 15.2 Å². The number of methoxy groups -OCH3 is 1. The van der Waals surface area contributed by atoms with Gasteiger partial charge in [-0.2, -0.15) is 0 Å². The predicted octanol–water partition coefficient (Wildman–Crippen LogP) is 2.76. The molecule has 0 radical (unpaired) electrons. The van der Waals surface area contributed by atoms with E-state index in [0.29, 0.717) is 11.5 Å². The van der Waals surface area contributed by atoms with Crippen LogP contribution in [-0.2, 0) is 5.41 Å². The average Bonchev–Trinajstić information content (AvgIpc) is 2.14. The Balaban J connectivity index is 3.33. The molecule has 0 bridgehead atoms. The number of hydrogen-bond donors (Lipinski definition) is 1. The lowest BCUT2D eigenvalue weighted by Crippen LogP contribution is -2.18. The normalized spacial score (nSPS) is 11.1. The van der Waals surface area contributed by atoms with Crippen LogP contribution in [0.5, 0.6) is 11.5 Å². The zero-order valence-corrected chi connectivity index (χ0v) is 11.0. The predicted molar refractivity (Wildman–Crippen MR) is 66.6 cm³/mol. The first-order valence-corrected chi connectivity index (χ1v) is 5.42. The minimum absolute atomic E-state index is 0.0349. The number of benzene rings is 1. The van der Waals surface area contributed by atoms with E-state index >= 15 is 0 Å². The van der Waals surface area contributed by atoms with Crippen LogP contribution in [0.4, 0.5) is 4.79 Å². The number of rotatable bonds is 2. The van der Waals surface area contributed by atoms with Gasteiger partial charge < -0.3 is 15.2 Å². The molecule has 0 fully saturated rings. The Bertz CT molecular complexity index is 433. The largest absolute Gasteiger partial charge is 0.493 e. The van der Waals surface area contributed by atoms with E-state index in [2.05, 4.69) is 20.8 Å². The molecular formula is C13H19NO3. The van der Waals surface area contributed by atoms with Gasteiger partial charge in [-0.3, -0.25) is 0 Å². The van der Waals surface area contributed by atoms with Gasteiger partial charge in [0.1, 0.15) is 0 Å². The minimum atomic E-state index is -0.839. The van der Waals surface area contributed by atoms with E-state index in [-0.39, 0.29) is 5.41 Å². The summed E-state index contributed by atoms with van der Waals surface area (Å²) in [5.74, 6) is 0.904. The van der Waals surface area contributed by atoms with Crippen molar-refractivity contribution in [2.45, 2.75) is 33.1 Å². The summed E-state index contributed by atoms with van der Waals surface area (Å²) in [4.78, 5) is 10.9. The van der Waals surface area contributed by atoms with E-state index in [1.165, 1.54) is 7.11 Å². The summed E-state index contributed by atoms with van der Waals surface area (Å²) in [7, 11) is 1.53. The summed E-state index contributed by atoms with van der Waals surface area (Å²) in [6, 6.07) is 3.81. The molecule has 0 spiro atoms. The number of aryl methyl sites for hydroxylation is 1. The minimum Gasteiger partial charge on any atom is -0.493 e. The van der Waals surface area contributed by atoms with Gasteiger partial charge in [0.25, 0.3) is 0 Å². The van der Waals surface area contributed by atoms with Crippen LogP contribution in [0.3, 0.4) is 0 Å². The second kappa shape index (κ2) is 4.65. The van der Waals surface area contributed by atoms with Crippen LogP contribution in [-0.4, -0.2) is 13.2 Å². The van der Waals surface area contributed by atoms with Gasteiger partial charge in [-0.25, -0.2) is 4.79 Å². The Morgan fingerprint density at radius 3 is 2.29 bits per heavy atom. The van der Waals surface area contributed by atoms with Gasteiger partial charge in [0.15, 0.2) is 11.5 Å². The third kappa shape index (κ3) is 3.12. The van der Waals surface area contributed by atoms with Crippen molar-refractivity contribution in [3.63, 3.8) is 0 Å². The molecule has 0 aliphatic rings. The van der Waals surface area contributed by atoms with Gasteiger partial charge in [-0.1, -0.05) is 26.8 Å². The number of carbonyl (C=O) groups is 1. The average molecular weight is 237 g/mol. The lowest BCUT2D eigenvalue weighted by Gasteiger charge is -2.22. The van der Waals surface area contributed by atoms with Crippen LogP contribution in [0, 0.1) is 6.92 Å². The number of primary amides is 1. The van der Waals surface area contributed by atoms with Crippen LogP contribution in [0.2, 0.25) is 0 Å². The summed E-state index contributed by atoms with van der Waals surface area (Å²) in [6.45, 7) is 8.16. The summed E-state index contributed by atoms with van der Waals surface area (Å²) < 4.78 is 10.2. The van der Waals surface area contributed by atoms with Crippen molar-refractivity contribution in [2.75, 3.05) is 7.11 Å². The molecule has 1 aromatic rings. The summed E-state index contributed by atoms with van der Waals surface area (Å²) in [5, 5.41) is 0. The molecule has 17 heavy (non-hydrogen) atoms. The van der Waals surface area contributed by atoms with E-state index in [0.717, 1.165) is 11.1 Å². The zero-order valence-electron chi connectivity index (χ0n) is 11.0. The molecule has 0 aliphatic carbocycles. The third-order valence-corrected chi connectivity index (χ3v) is 2.52. The van der Waals surface area contributed by atoms with Gasteiger partial charge in [-0.05, 0) is 29.5 Å². The number of amides is 1. The maximum absolute atomic E-state index is 10.9. The van der Waals surface area contributed by atoms with Crippen LogP contribution in [0.25, 0.3) is 0 Å². The number of hydrogen-bond acceptors (Lipinski definition) is 3. The van der Waals surface area contributed by atoms with Crippen LogP contribution >= 0.6 is 0 Å². The highest BCUT2D eigenvalue weighted by molar-refractivity contribution is 5.70. The lowest BCUT2D eigenvalue weighted by atomic mass is 9.86. The first-order valence-electron chi connectivity index (χ1n) is 5.42. The summed E-state index contributed by atoms with van der Waals surface area (Å²) in [6.07, 6.45) is -0.839. The molecule has 0 saturated carbocycles. The third-order valence-electron chi connectivity index (χ3n) is 2.52. The maximum atomic E-state index is 10.9. The Hall–Kier alpha value is -1.71. The van der Waals surface area contributed by atoms with Crippen molar-refractivity contribution in [3.8, 4) is 11.5 Å². The van der Waals surface area contributed by atoms with Crippen LogP contribution in [0.1, 0.15) is 31.9 Å². The highest BCUT2D eigenvalue weighted by Crippen LogP contribution is 2.36. The second-order valence-corrected chi connectivity index (χ2v) is 5.00. The van der Waals surface area contributed by atoms with Crippen molar-refractivity contribution in [1.29, 1.82) is 0 Å². The Morgan fingerprint density at radius 2 is 1.88 bits per heavy atom. The highest BCUT2D eigenvalue weighted by Gasteiger charge is 2.19. The lowest BCUT2D eigenvalue weighted by molar-refractivity contribution is 0.208. The molecule has 94 valence electrons. The molecule has 2 N–H and O–H groups in total. The number of carbonyl (C=O) groups excluding carboxylic acids is 1. The van der Waals surface area contributed by atoms with Crippen molar-refractivity contribution >= 4 is 6.09 Å². The molecule has 1 aromatic carbocycles. The van der Waals surface area contributed by atoms with E-state index in [9.17, 15) is 4.79 Å². The van der Waals surface area contributed by atoms with E-state index in [1.54, 1.807) is 6.07 Å². The SMILES string of the molecule is COc1c(C)cc(C(C)(C)C)cc1OC(N)=O. The molecule has 1 rings (SSSR count). The molecule has 0 atom stereocenters. The van der Waals surface area contributed by atoms with Gasteiger partial charge in [0, 0.05) is 0 Å². The van der Waals surface area contributed by atoms with Gasteiger partial charge in [-0.15, -0.1) is 0 Å². The Labute approximate surface area is 102 Å². The number of ether oxygens (including phenoxy) is 2. The van der Waals surface area contributed by atoms with Gasteiger partial charge in [0.05, 0.1) is 7.11 Å². The first kappa shape index (κ1) is 13.4. The fourth-order valence-electron chi connectivity index (χ4n) is 1.62. The topological polar surface area (TPSA) is 61.6 Å². The molecule has 4 nitrogen and oxygen atoms in total. The summed E-state index contributed by atoms with van der Waals surface area (Å²) >= 11 is 0. The van der Waals surface area contributed by atoms with Gasteiger partial charge >= 0.3 is 6.09 Å². The first-order chi connectivity index (χ1) is 7.75. The van der Waals surface area contributed by atoms with Crippen molar-refractivity contribution in [1.82, 2.24) is 0 Å². The van der Waals surface area contributed by atoms with Crippen molar-refractivity contribution in [2.24, 2.45) is 5.73 Å². The van der Waals surface area contributed by atoms with Gasteiger partial charge in [0.2, 0.25) is 0 Å². The fourth-order valence-corrected chi connectivity index (χ4v) is 1.62. The molecule has 0 aliphatic heterocycles. The summed E-state index contributed by atoms with van der Waals surface area (Å²) in [5.41, 5.74) is 6.98. The smallest absolute Gasteiger partial charge is 0.410 e. The Kier molecular flexibility index (Phi) is 3.66. The number of nitrogens with two attached hydrogens (primary N) is 1. The molecule has 0 heterocycles. The van der Waals surface area contributed by atoms with E-state index in [4.69, 9.17) is 15.2 Å². The molecule has 0 unspecified atom stereocenters.